The van der Waals surface area contributed by atoms with E-state index in [1.165, 1.54) is 0 Å². The maximum atomic E-state index is 12.8. The molecule has 2 aromatic carbocycles. The third kappa shape index (κ3) is 3.63. The van der Waals surface area contributed by atoms with E-state index in [9.17, 15) is 4.79 Å². The van der Waals surface area contributed by atoms with Crippen molar-refractivity contribution in [1.29, 1.82) is 0 Å². The molecule has 0 heterocycles. The van der Waals surface area contributed by atoms with Gasteiger partial charge in [0.05, 0.1) is 7.11 Å². The molecule has 2 aromatic rings. The molecule has 1 amide bonds. The number of benzene rings is 2. The molecule has 3 heteroatoms. The molecule has 0 fully saturated rings. The first-order valence-electron chi connectivity index (χ1n) is 7.18. The lowest BCUT2D eigenvalue weighted by atomic mass is 10.1. The summed E-state index contributed by atoms with van der Waals surface area (Å²) < 4.78 is 5.20. The van der Waals surface area contributed by atoms with Crippen LogP contribution in [0.3, 0.4) is 0 Å². The van der Waals surface area contributed by atoms with Gasteiger partial charge in [-0.15, -0.1) is 0 Å². The Bertz CT molecular complexity index is 622. The maximum absolute atomic E-state index is 12.8. The van der Waals surface area contributed by atoms with Crippen molar-refractivity contribution >= 4 is 11.6 Å². The van der Waals surface area contributed by atoms with Gasteiger partial charge in [-0.25, -0.2) is 0 Å². The summed E-state index contributed by atoms with van der Waals surface area (Å²) in [5.41, 5.74) is 2.72. The Morgan fingerprint density at radius 2 is 1.90 bits per heavy atom. The standard InChI is InChI=1S/C18H21NO2/c1-4-11-19(16-9-5-7-14(2)12-16)18(20)15-8-6-10-17(13-15)21-3/h5-10,12-13H,4,11H2,1-3H3. The minimum absolute atomic E-state index is 0.00125. The van der Waals surface area contributed by atoms with Crippen molar-refractivity contribution < 1.29 is 9.53 Å². The highest BCUT2D eigenvalue weighted by atomic mass is 16.5. The average molecular weight is 283 g/mol. The van der Waals surface area contributed by atoms with Crippen molar-refractivity contribution in [2.45, 2.75) is 20.3 Å². The second-order valence-electron chi connectivity index (χ2n) is 5.03. The van der Waals surface area contributed by atoms with Crippen molar-refractivity contribution in [3.8, 4) is 5.75 Å². The fraction of sp³-hybridized carbons (Fsp3) is 0.278. The lowest BCUT2D eigenvalue weighted by Gasteiger charge is -2.23. The van der Waals surface area contributed by atoms with Crippen LogP contribution in [0, 0.1) is 6.92 Å². The van der Waals surface area contributed by atoms with Crippen LogP contribution in [0.4, 0.5) is 5.69 Å². The summed E-state index contributed by atoms with van der Waals surface area (Å²) in [6.45, 7) is 4.80. The average Bonchev–Trinajstić information content (AvgIpc) is 2.52. The molecule has 110 valence electrons. The molecule has 2 rings (SSSR count). The summed E-state index contributed by atoms with van der Waals surface area (Å²) in [7, 11) is 1.61. The second-order valence-corrected chi connectivity index (χ2v) is 5.03. The summed E-state index contributed by atoms with van der Waals surface area (Å²) in [4.78, 5) is 14.6. The highest BCUT2D eigenvalue weighted by Crippen LogP contribution is 2.21. The Balaban J connectivity index is 2.35. The Morgan fingerprint density at radius 1 is 1.14 bits per heavy atom. The predicted molar refractivity (Wildman–Crippen MR) is 86.1 cm³/mol. The molecular formula is C18H21NO2. The van der Waals surface area contributed by atoms with Crippen molar-refractivity contribution in [2.24, 2.45) is 0 Å². The van der Waals surface area contributed by atoms with E-state index >= 15 is 0 Å². The normalized spacial score (nSPS) is 10.2. The van der Waals surface area contributed by atoms with E-state index in [4.69, 9.17) is 4.74 Å². The lowest BCUT2D eigenvalue weighted by Crippen LogP contribution is -2.31. The van der Waals surface area contributed by atoms with E-state index < -0.39 is 0 Å². The van der Waals surface area contributed by atoms with Crippen LogP contribution in [-0.2, 0) is 0 Å². The molecule has 0 aliphatic rings. The third-order valence-electron chi connectivity index (χ3n) is 3.32. The van der Waals surface area contributed by atoms with Crippen molar-refractivity contribution in [3.05, 3.63) is 59.7 Å². The monoisotopic (exact) mass is 283 g/mol. The largest absolute Gasteiger partial charge is 0.497 e. The van der Waals surface area contributed by atoms with Crippen LogP contribution in [0.15, 0.2) is 48.5 Å². The van der Waals surface area contributed by atoms with Gasteiger partial charge < -0.3 is 9.64 Å². The van der Waals surface area contributed by atoms with Crippen LogP contribution in [0.25, 0.3) is 0 Å². The maximum Gasteiger partial charge on any atom is 0.258 e. The summed E-state index contributed by atoms with van der Waals surface area (Å²) in [6, 6.07) is 15.3. The van der Waals surface area contributed by atoms with E-state index in [0.29, 0.717) is 17.9 Å². The minimum atomic E-state index is 0.00125. The van der Waals surface area contributed by atoms with Gasteiger partial charge in [0.2, 0.25) is 0 Å². The minimum Gasteiger partial charge on any atom is -0.497 e. The molecule has 0 radical (unpaired) electrons. The van der Waals surface area contributed by atoms with E-state index in [0.717, 1.165) is 17.7 Å². The van der Waals surface area contributed by atoms with Gasteiger partial charge in [-0.05, 0) is 49.2 Å². The molecule has 0 aromatic heterocycles. The number of methoxy groups -OCH3 is 1. The molecule has 0 aliphatic heterocycles. The molecule has 0 unspecified atom stereocenters. The van der Waals surface area contributed by atoms with Crippen LogP contribution in [-0.4, -0.2) is 19.6 Å². The van der Waals surface area contributed by atoms with E-state index in [-0.39, 0.29) is 5.91 Å². The van der Waals surface area contributed by atoms with E-state index in [1.807, 2.05) is 54.3 Å². The van der Waals surface area contributed by atoms with Crippen LogP contribution in [0.2, 0.25) is 0 Å². The summed E-state index contributed by atoms with van der Waals surface area (Å²) in [5, 5.41) is 0. The fourth-order valence-electron chi connectivity index (χ4n) is 2.28. The molecule has 0 saturated heterocycles. The number of hydrogen-bond acceptors (Lipinski definition) is 2. The van der Waals surface area contributed by atoms with Gasteiger partial charge in [-0.1, -0.05) is 25.1 Å². The summed E-state index contributed by atoms with van der Waals surface area (Å²) >= 11 is 0. The Labute approximate surface area is 126 Å². The highest BCUT2D eigenvalue weighted by Gasteiger charge is 2.17. The Kier molecular flexibility index (Phi) is 4.99. The smallest absolute Gasteiger partial charge is 0.258 e. The van der Waals surface area contributed by atoms with E-state index in [1.54, 1.807) is 13.2 Å². The molecule has 0 saturated carbocycles. The summed E-state index contributed by atoms with van der Waals surface area (Å²) in [6.07, 6.45) is 0.906. The van der Waals surface area contributed by atoms with Crippen LogP contribution >= 0.6 is 0 Å². The number of rotatable bonds is 5. The Morgan fingerprint density at radius 3 is 2.57 bits per heavy atom. The van der Waals surface area contributed by atoms with Crippen LogP contribution < -0.4 is 9.64 Å². The number of nitrogens with zero attached hydrogens (tertiary/aromatic N) is 1. The first-order chi connectivity index (χ1) is 10.2. The molecule has 21 heavy (non-hydrogen) atoms. The van der Waals surface area contributed by atoms with Gasteiger partial charge >= 0.3 is 0 Å². The first-order valence-corrected chi connectivity index (χ1v) is 7.18. The topological polar surface area (TPSA) is 29.5 Å². The molecule has 0 atom stereocenters. The lowest BCUT2D eigenvalue weighted by molar-refractivity contribution is 0.0986. The second kappa shape index (κ2) is 6.93. The van der Waals surface area contributed by atoms with Gasteiger partial charge in [-0.2, -0.15) is 0 Å². The van der Waals surface area contributed by atoms with Gasteiger partial charge in [-0.3, -0.25) is 4.79 Å². The van der Waals surface area contributed by atoms with Gasteiger partial charge in [0.1, 0.15) is 5.75 Å². The third-order valence-corrected chi connectivity index (χ3v) is 3.32. The van der Waals surface area contributed by atoms with Crippen molar-refractivity contribution in [1.82, 2.24) is 0 Å². The van der Waals surface area contributed by atoms with Gasteiger partial charge in [0, 0.05) is 17.8 Å². The zero-order valence-corrected chi connectivity index (χ0v) is 12.8. The fourth-order valence-corrected chi connectivity index (χ4v) is 2.28. The number of aryl methyl sites for hydroxylation is 1. The summed E-state index contributed by atoms with van der Waals surface area (Å²) in [5.74, 6) is 0.697. The predicted octanol–water partition coefficient (Wildman–Crippen LogP) is 4.06. The number of hydrogen-bond donors (Lipinski definition) is 0. The quantitative estimate of drug-likeness (QED) is 0.828. The zero-order chi connectivity index (χ0) is 15.2. The molecular weight excluding hydrogens is 262 g/mol. The van der Waals surface area contributed by atoms with Gasteiger partial charge in [0.15, 0.2) is 0 Å². The molecule has 0 aliphatic carbocycles. The number of anilines is 1. The van der Waals surface area contributed by atoms with Crippen LogP contribution in [0.5, 0.6) is 5.75 Å². The van der Waals surface area contributed by atoms with Crippen LogP contribution in [0.1, 0.15) is 29.3 Å². The number of amides is 1. The van der Waals surface area contributed by atoms with Crippen molar-refractivity contribution in [2.75, 3.05) is 18.6 Å². The number of carbonyl (C=O) groups excluding carboxylic acids is 1. The number of ether oxygens (including phenoxy) is 1. The highest BCUT2D eigenvalue weighted by molar-refractivity contribution is 6.06. The van der Waals surface area contributed by atoms with Crippen molar-refractivity contribution in [3.63, 3.8) is 0 Å². The molecule has 0 spiro atoms. The zero-order valence-electron chi connectivity index (χ0n) is 12.8. The number of carbonyl (C=O) groups is 1. The van der Waals surface area contributed by atoms with E-state index in [2.05, 4.69) is 6.92 Å². The molecule has 3 nitrogen and oxygen atoms in total. The van der Waals surface area contributed by atoms with Gasteiger partial charge in [0.25, 0.3) is 5.91 Å². The molecule has 0 bridgehead atoms. The Hall–Kier alpha value is -2.29. The first kappa shape index (κ1) is 15.1. The molecule has 0 N–H and O–H groups in total. The SMILES string of the molecule is CCCN(C(=O)c1cccc(OC)c1)c1cccc(C)c1.